The number of benzene rings is 2. The molecule has 124 valence electrons. The van der Waals surface area contributed by atoms with Gasteiger partial charge in [0.1, 0.15) is 11.5 Å². The van der Waals surface area contributed by atoms with Gasteiger partial charge in [0, 0.05) is 0 Å². The maximum Gasteiger partial charge on any atom is 0.234 e. The summed E-state index contributed by atoms with van der Waals surface area (Å²) in [5.74, 6) is 1.66. The van der Waals surface area contributed by atoms with Crippen LogP contribution in [0.15, 0.2) is 63.8 Å². The molecule has 0 aliphatic carbocycles. The number of hydrogen-bond acceptors (Lipinski definition) is 5. The Kier molecular flexibility index (Phi) is 6.34. The van der Waals surface area contributed by atoms with Crippen molar-refractivity contribution in [3.05, 3.63) is 59.7 Å². The molecule has 2 aromatic carbocycles. The van der Waals surface area contributed by atoms with Crippen LogP contribution in [0.4, 0.5) is 0 Å². The second-order valence-electron chi connectivity index (χ2n) is 4.65. The number of guanidine groups is 1. The molecule has 2 rings (SSSR count). The molecule has 0 bridgehead atoms. The van der Waals surface area contributed by atoms with Crippen LogP contribution in [-0.2, 0) is 0 Å². The first-order valence-corrected chi connectivity index (χ1v) is 7.15. The molecule has 0 spiro atoms. The molecule has 0 aliphatic heterocycles. The van der Waals surface area contributed by atoms with E-state index >= 15 is 0 Å². The molecule has 7 nitrogen and oxygen atoms in total. The highest BCUT2D eigenvalue weighted by Gasteiger charge is 1.92. The molecule has 0 saturated carbocycles. The Labute approximate surface area is 140 Å². The van der Waals surface area contributed by atoms with Crippen LogP contribution in [0.3, 0.4) is 0 Å². The van der Waals surface area contributed by atoms with E-state index in [2.05, 4.69) is 20.7 Å². The smallest absolute Gasteiger partial charge is 0.234 e. The Hall–Kier alpha value is -3.35. The van der Waals surface area contributed by atoms with Crippen molar-refractivity contribution >= 4 is 18.4 Å². The Balaban J connectivity index is 1.86. The van der Waals surface area contributed by atoms with Crippen LogP contribution in [0.25, 0.3) is 0 Å². The van der Waals surface area contributed by atoms with Gasteiger partial charge in [0.15, 0.2) is 0 Å². The number of methoxy groups -OCH3 is 2. The fourth-order valence-corrected chi connectivity index (χ4v) is 1.73. The fourth-order valence-electron chi connectivity index (χ4n) is 1.73. The zero-order valence-corrected chi connectivity index (χ0v) is 13.5. The minimum atomic E-state index is 0.0875. The van der Waals surface area contributed by atoms with Gasteiger partial charge in [-0.25, -0.2) is 5.43 Å². The normalized spacial score (nSPS) is 11.8. The summed E-state index contributed by atoms with van der Waals surface area (Å²) in [5.41, 5.74) is 10.0. The van der Waals surface area contributed by atoms with Crippen LogP contribution >= 0.6 is 0 Å². The zero-order chi connectivity index (χ0) is 17.2. The van der Waals surface area contributed by atoms with Crippen molar-refractivity contribution in [2.75, 3.05) is 14.2 Å². The van der Waals surface area contributed by atoms with E-state index in [1.165, 1.54) is 0 Å². The van der Waals surface area contributed by atoms with Gasteiger partial charge in [0.2, 0.25) is 5.96 Å². The monoisotopic (exact) mass is 325 g/mol. The molecule has 0 aliphatic rings. The molecule has 0 radical (unpaired) electrons. The van der Waals surface area contributed by atoms with E-state index in [1.807, 2.05) is 48.5 Å². The number of ether oxygens (including phenoxy) is 2. The summed E-state index contributed by atoms with van der Waals surface area (Å²) in [6.07, 6.45) is 3.20. The van der Waals surface area contributed by atoms with Gasteiger partial charge >= 0.3 is 0 Å². The number of hydrogen-bond donors (Lipinski definition) is 2. The number of nitrogens with one attached hydrogen (secondary N) is 1. The molecular formula is C17H19N5O2. The highest BCUT2D eigenvalue weighted by Crippen LogP contribution is 2.10. The molecule has 0 atom stereocenters. The Bertz CT molecular complexity index is 722. The minimum absolute atomic E-state index is 0.0875. The Morgan fingerprint density at radius 2 is 1.38 bits per heavy atom. The maximum absolute atomic E-state index is 5.66. The minimum Gasteiger partial charge on any atom is -0.497 e. The van der Waals surface area contributed by atoms with Gasteiger partial charge in [0.05, 0.1) is 26.6 Å². The third-order valence-corrected chi connectivity index (χ3v) is 3.00. The van der Waals surface area contributed by atoms with E-state index in [0.717, 1.165) is 22.6 Å². The lowest BCUT2D eigenvalue weighted by atomic mass is 10.2. The quantitative estimate of drug-likeness (QED) is 0.482. The van der Waals surface area contributed by atoms with Crippen LogP contribution in [0.1, 0.15) is 11.1 Å². The van der Waals surface area contributed by atoms with E-state index in [9.17, 15) is 0 Å². The van der Waals surface area contributed by atoms with Gasteiger partial charge in [-0.05, 0) is 59.7 Å². The third-order valence-electron chi connectivity index (χ3n) is 3.00. The summed E-state index contributed by atoms with van der Waals surface area (Å²) in [7, 11) is 3.24. The summed E-state index contributed by atoms with van der Waals surface area (Å²) in [6, 6.07) is 14.8. The van der Waals surface area contributed by atoms with Crippen LogP contribution in [0.2, 0.25) is 0 Å². The average Bonchev–Trinajstić information content (AvgIpc) is 2.63. The van der Waals surface area contributed by atoms with E-state index < -0.39 is 0 Å². The highest BCUT2D eigenvalue weighted by molar-refractivity contribution is 5.84. The predicted octanol–water partition coefficient (Wildman–Crippen LogP) is 1.98. The molecule has 0 fully saturated rings. The Morgan fingerprint density at radius 1 is 0.875 bits per heavy atom. The van der Waals surface area contributed by atoms with Crippen molar-refractivity contribution < 1.29 is 9.47 Å². The summed E-state index contributed by atoms with van der Waals surface area (Å²) in [5, 5.41) is 11.7. The summed E-state index contributed by atoms with van der Waals surface area (Å²) in [6.45, 7) is 0. The Morgan fingerprint density at radius 3 is 1.88 bits per heavy atom. The van der Waals surface area contributed by atoms with E-state index in [-0.39, 0.29) is 5.96 Å². The first-order chi connectivity index (χ1) is 11.7. The summed E-state index contributed by atoms with van der Waals surface area (Å²) < 4.78 is 10.2. The second-order valence-corrected chi connectivity index (χ2v) is 4.65. The lowest BCUT2D eigenvalue weighted by molar-refractivity contribution is 0.414. The molecule has 0 unspecified atom stereocenters. The summed E-state index contributed by atoms with van der Waals surface area (Å²) >= 11 is 0. The van der Waals surface area contributed by atoms with Gasteiger partial charge < -0.3 is 15.2 Å². The van der Waals surface area contributed by atoms with Crippen molar-refractivity contribution in [1.29, 1.82) is 0 Å². The number of hydrazone groups is 1. The third kappa shape index (κ3) is 5.45. The van der Waals surface area contributed by atoms with Crippen LogP contribution in [0, 0.1) is 0 Å². The van der Waals surface area contributed by atoms with Gasteiger partial charge in [-0.1, -0.05) is 0 Å². The molecule has 0 amide bonds. The predicted molar refractivity (Wildman–Crippen MR) is 95.9 cm³/mol. The van der Waals surface area contributed by atoms with E-state index in [4.69, 9.17) is 15.2 Å². The van der Waals surface area contributed by atoms with Crippen LogP contribution < -0.4 is 20.6 Å². The molecule has 0 saturated heterocycles. The molecule has 2 aromatic rings. The number of nitrogens with two attached hydrogens (primary N) is 1. The topological polar surface area (TPSA) is 93.6 Å². The van der Waals surface area contributed by atoms with Crippen molar-refractivity contribution in [3.8, 4) is 11.5 Å². The fraction of sp³-hybridized carbons (Fsp3) is 0.118. The summed E-state index contributed by atoms with van der Waals surface area (Å²) in [4.78, 5) is 0. The maximum atomic E-state index is 5.66. The van der Waals surface area contributed by atoms with Crippen LogP contribution in [-0.4, -0.2) is 32.6 Å². The zero-order valence-electron chi connectivity index (χ0n) is 13.5. The van der Waals surface area contributed by atoms with E-state index in [1.54, 1.807) is 26.6 Å². The van der Waals surface area contributed by atoms with E-state index in [0.29, 0.717) is 0 Å². The highest BCUT2D eigenvalue weighted by atomic mass is 16.5. The van der Waals surface area contributed by atoms with Gasteiger partial charge in [-0.2, -0.15) is 10.2 Å². The van der Waals surface area contributed by atoms with Crippen LogP contribution in [0.5, 0.6) is 11.5 Å². The van der Waals surface area contributed by atoms with Crippen molar-refractivity contribution in [3.63, 3.8) is 0 Å². The van der Waals surface area contributed by atoms with Gasteiger partial charge in [-0.15, -0.1) is 5.10 Å². The molecular weight excluding hydrogens is 306 g/mol. The molecule has 7 heteroatoms. The SMILES string of the molecule is COc1ccc(C=N/N=C(/N)N/N=C/c2ccc(OC)cc2)cc1. The first-order valence-electron chi connectivity index (χ1n) is 7.15. The number of rotatable bonds is 6. The van der Waals surface area contributed by atoms with Crippen molar-refractivity contribution in [1.82, 2.24) is 5.43 Å². The van der Waals surface area contributed by atoms with Crippen molar-refractivity contribution in [2.24, 2.45) is 21.0 Å². The molecule has 24 heavy (non-hydrogen) atoms. The molecule has 0 heterocycles. The lowest BCUT2D eigenvalue weighted by Crippen LogP contribution is -2.26. The lowest BCUT2D eigenvalue weighted by Gasteiger charge is -1.99. The standard InChI is InChI=1S/C17H19N5O2/c1-23-15-7-3-13(4-8-15)11-19-21-17(18)22-20-12-14-5-9-16(24-2)10-6-14/h3-12H,1-2H3,(H3,18,21,22)/b19-11+,20-12?. The number of nitrogens with zero attached hydrogens (tertiary/aromatic N) is 3. The molecule has 3 N–H and O–H groups in total. The second kappa shape index (κ2) is 8.94. The first kappa shape index (κ1) is 17.0. The molecule has 0 aromatic heterocycles. The van der Waals surface area contributed by atoms with Gasteiger partial charge in [0.25, 0.3) is 0 Å². The van der Waals surface area contributed by atoms with Gasteiger partial charge in [-0.3, -0.25) is 0 Å². The van der Waals surface area contributed by atoms with Crippen molar-refractivity contribution in [2.45, 2.75) is 0 Å². The average molecular weight is 325 g/mol. The largest absolute Gasteiger partial charge is 0.497 e.